The van der Waals surface area contributed by atoms with Crippen molar-refractivity contribution in [2.24, 2.45) is 5.73 Å². The molecule has 0 aromatic carbocycles. The fourth-order valence-electron chi connectivity index (χ4n) is 2.12. The van der Waals surface area contributed by atoms with Crippen LogP contribution in [0.4, 0.5) is 0 Å². The highest BCUT2D eigenvalue weighted by molar-refractivity contribution is 7.54. The monoisotopic (exact) mass is 399 g/mol. The summed E-state index contributed by atoms with van der Waals surface area (Å²) in [6.45, 7) is 10.5. The molecule has 5 N–H and O–H groups in total. The van der Waals surface area contributed by atoms with Crippen LogP contribution in [0.15, 0.2) is 0 Å². The summed E-state index contributed by atoms with van der Waals surface area (Å²) in [5, 5.41) is 19.2. The van der Waals surface area contributed by atoms with Crippen molar-refractivity contribution in [2.75, 3.05) is 19.8 Å². The van der Waals surface area contributed by atoms with Gasteiger partial charge in [0.05, 0.1) is 36.6 Å². The van der Waals surface area contributed by atoms with E-state index in [4.69, 9.17) is 24.5 Å². The van der Waals surface area contributed by atoms with E-state index in [1.54, 1.807) is 20.8 Å². The lowest BCUT2D eigenvalue weighted by Crippen LogP contribution is -2.62. The topological polar surface area (TPSA) is 141 Å². The lowest BCUT2D eigenvalue weighted by molar-refractivity contribution is -0.267. The molecule has 0 aromatic rings. The Morgan fingerprint density at radius 2 is 1.65 bits per heavy atom. The Morgan fingerprint density at radius 1 is 1.08 bits per heavy atom. The Balaban J connectivity index is 2.63. The maximum absolute atomic E-state index is 12.2. The van der Waals surface area contributed by atoms with Crippen LogP contribution in [-0.2, 0) is 23.3 Å². The third-order valence-electron chi connectivity index (χ3n) is 3.91. The average molecular weight is 399 g/mol. The molecule has 1 fully saturated rings. The first-order chi connectivity index (χ1) is 11.7. The number of aliphatic hydroxyl groups excluding tert-OH is 2. The van der Waals surface area contributed by atoms with Crippen LogP contribution in [0.1, 0.15) is 41.5 Å². The number of rotatable bonds is 7. The van der Waals surface area contributed by atoms with Gasteiger partial charge in [0, 0.05) is 0 Å². The van der Waals surface area contributed by atoms with Crippen LogP contribution in [0.25, 0.3) is 0 Å². The summed E-state index contributed by atoms with van der Waals surface area (Å²) in [6, 6.07) is -0.973. The van der Waals surface area contributed by atoms with Gasteiger partial charge in [-0.3, -0.25) is 4.57 Å². The second kappa shape index (κ2) is 8.94. The molecule has 0 aromatic heterocycles. The summed E-state index contributed by atoms with van der Waals surface area (Å²) in [4.78, 5) is 9.96. The molecule has 1 aliphatic heterocycles. The van der Waals surface area contributed by atoms with Gasteiger partial charge in [-0.05, 0) is 41.5 Å². The zero-order valence-electron chi connectivity index (χ0n) is 16.4. The van der Waals surface area contributed by atoms with E-state index in [1.807, 2.05) is 20.8 Å². The predicted molar refractivity (Wildman–Crippen MR) is 95.8 cm³/mol. The molecule has 9 nitrogen and oxygen atoms in total. The molecule has 6 unspecified atom stereocenters. The second-order valence-corrected chi connectivity index (χ2v) is 11.1. The Kier molecular flexibility index (Phi) is 8.24. The van der Waals surface area contributed by atoms with E-state index in [9.17, 15) is 19.7 Å². The minimum atomic E-state index is -3.93. The SMILES string of the molecule is CC(C)(C)OCCOC1OC(COP(=O)(O)C(C)(C)C)C(O)C(O)C1N. The number of hydrogen-bond acceptors (Lipinski definition) is 8. The van der Waals surface area contributed by atoms with Gasteiger partial charge in [0.1, 0.15) is 18.3 Å². The van der Waals surface area contributed by atoms with Gasteiger partial charge in [0.15, 0.2) is 6.29 Å². The molecule has 26 heavy (non-hydrogen) atoms. The van der Waals surface area contributed by atoms with Crippen molar-refractivity contribution < 1.29 is 38.4 Å². The van der Waals surface area contributed by atoms with Gasteiger partial charge in [-0.1, -0.05) is 0 Å². The highest BCUT2D eigenvalue weighted by Gasteiger charge is 2.45. The molecule has 1 heterocycles. The number of nitrogens with two attached hydrogens (primary N) is 1. The molecule has 0 aliphatic carbocycles. The van der Waals surface area contributed by atoms with E-state index in [-0.39, 0.29) is 18.8 Å². The van der Waals surface area contributed by atoms with E-state index >= 15 is 0 Å². The Labute approximate surface area is 155 Å². The van der Waals surface area contributed by atoms with Gasteiger partial charge in [-0.25, -0.2) is 0 Å². The van der Waals surface area contributed by atoms with Crippen molar-refractivity contribution in [3.8, 4) is 0 Å². The summed E-state index contributed by atoms with van der Waals surface area (Å²) in [7, 11) is -3.93. The standard InChI is InChI=1S/C16H34NO8P/c1-15(2,3)23-8-7-22-14-11(17)13(19)12(18)10(25-14)9-24-26(20,21)16(4,5)6/h10-14,18-19H,7-9,17H2,1-6H3,(H,20,21). The fraction of sp³-hybridized carbons (Fsp3) is 1.00. The van der Waals surface area contributed by atoms with Crippen molar-refractivity contribution in [1.29, 1.82) is 0 Å². The maximum atomic E-state index is 12.2. The van der Waals surface area contributed by atoms with Crippen LogP contribution >= 0.6 is 7.60 Å². The second-order valence-electron chi connectivity index (χ2n) is 8.42. The van der Waals surface area contributed by atoms with Gasteiger partial charge < -0.3 is 39.6 Å². The van der Waals surface area contributed by atoms with Crippen LogP contribution in [0.2, 0.25) is 0 Å². The first-order valence-corrected chi connectivity index (χ1v) is 10.2. The molecule has 6 atom stereocenters. The van der Waals surface area contributed by atoms with Gasteiger partial charge >= 0.3 is 7.60 Å². The Morgan fingerprint density at radius 3 is 2.15 bits per heavy atom. The number of ether oxygens (including phenoxy) is 3. The van der Waals surface area contributed by atoms with Crippen molar-refractivity contribution in [1.82, 2.24) is 0 Å². The van der Waals surface area contributed by atoms with E-state index in [2.05, 4.69) is 0 Å². The van der Waals surface area contributed by atoms with Crippen LogP contribution in [-0.4, -0.2) is 76.3 Å². The summed E-state index contributed by atoms with van der Waals surface area (Å²) in [6.07, 6.45) is -4.74. The lowest BCUT2D eigenvalue weighted by Gasteiger charge is -2.41. The average Bonchev–Trinajstić information content (AvgIpc) is 2.48. The maximum Gasteiger partial charge on any atom is 0.333 e. The van der Waals surface area contributed by atoms with Crippen LogP contribution in [0.5, 0.6) is 0 Å². The lowest BCUT2D eigenvalue weighted by atomic mass is 9.98. The molecule has 0 amide bonds. The fourth-order valence-corrected chi connectivity index (χ4v) is 2.86. The minimum absolute atomic E-state index is 0.173. The smallest absolute Gasteiger partial charge is 0.333 e. The molecule has 0 spiro atoms. The van der Waals surface area contributed by atoms with E-state index in [1.165, 1.54) is 0 Å². The zero-order valence-corrected chi connectivity index (χ0v) is 17.3. The van der Waals surface area contributed by atoms with E-state index in [0.717, 1.165) is 0 Å². The number of hydrogen-bond donors (Lipinski definition) is 4. The highest BCUT2D eigenvalue weighted by Crippen LogP contribution is 2.55. The molecule has 0 radical (unpaired) electrons. The third kappa shape index (κ3) is 6.82. The van der Waals surface area contributed by atoms with Gasteiger partial charge in [-0.15, -0.1) is 0 Å². The number of aliphatic hydroxyl groups is 2. The van der Waals surface area contributed by atoms with E-state index in [0.29, 0.717) is 6.61 Å². The third-order valence-corrected chi connectivity index (χ3v) is 6.10. The molecular weight excluding hydrogens is 365 g/mol. The predicted octanol–water partition coefficient (Wildman–Crippen LogP) is 0.593. The van der Waals surface area contributed by atoms with Crippen LogP contribution in [0, 0.1) is 0 Å². The van der Waals surface area contributed by atoms with Gasteiger partial charge in [-0.2, -0.15) is 0 Å². The summed E-state index contributed by atoms with van der Waals surface area (Å²) in [5.41, 5.74) is 5.53. The first-order valence-electron chi connectivity index (χ1n) is 8.66. The summed E-state index contributed by atoms with van der Waals surface area (Å²) in [5.74, 6) is 0. The van der Waals surface area contributed by atoms with Gasteiger partial charge in [0.25, 0.3) is 0 Å². The molecule has 10 heteroatoms. The quantitative estimate of drug-likeness (QED) is 0.357. The summed E-state index contributed by atoms with van der Waals surface area (Å²) < 4.78 is 33.9. The van der Waals surface area contributed by atoms with E-state index < -0.39 is 43.4 Å². The van der Waals surface area contributed by atoms with Crippen molar-refractivity contribution in [3.05, 3.63) is 0 Å². The Bertz CT molecular complexity index is 490. The summed E-state index contributed by atoms with van der Waals surface area (Å²) >= 11 is 0. The zero-order chi connectivity index (χ0) is 20.3. The molecule has 0 bridgehead atoms. The van der Waals surface area contributed by atoms with Crippen LogP contribution in [0.3, 0.4) is 0 Å². The van der Waals surface area contributed by atoms with Crippen LogP contribution < -0.4 is 5.73 Å². The molecule has 156 valence electrons. The molecule has 1 rings (SSSR count). The highest BCUT2D eigenvalue weighted by atomic mass is 31.2. The molecule has 1 aliphatic rings. The van der Waals surface area contributed by atoms with Gasteiger partial charge in [0.2, 0.25) is 0 Å². The Hall–Kier alpha value is -0.0900. The molecular formula is C16H34NO8P. The largest absolute Gasteiger partial charge is 0.388 e. The van der Waals surface area contributed by atoms with Crippen molar-refractivity contribution in [2.45, 2.75) is 82.9 Å². The van der Waals surface area contributed by atoms with Crippen molar-refractivity contribution >= 4 is 7.60 Å². The first kappa shape index (κ1) is 23.9. The normalized spacial score (nSPS) is 33.1. The molecule has 1 saturated heterocycles. The molecule has 0 saturated carbocycles. The van der Waals surface area contributed by atoms with Crippen molar-refractivity contribution in [3.63, 3.8) is 0 Å². The minimum Gasteiger partial charge on any atom is -0.388 e.